The molecule has 2 aromatic rings. The SMILES string of the molecule is N/C(=C1\NC(c2ccc(F)cc2)=CS1)c1ccnc(Cl)n1. The third kappa shape index (κ3) is 3.01. The van der Waals surface area contributed by atoms with E-state index in [1.807, 2.05) is 5.41 Å². The van der Waals surface area contributed by atoms with Gasteiger partial charge in [0.15, 0.2) is 0 Å². The van der Waals surface area contributed by atoms with Crippen LogP contribution in [-0.2, 0) is 0 Å². The summed E-state index contributed by atoms with van der Waals surface area (Å²) in [6.45, 7) is 0. The zero-order chi connectivity index (χ0) is 14.8. The highest BCUT2D eigenvalue weighted by molar-refractivity contribution is 8.06. The van der Waals surface area contributed by atoms with Crippen LogP contribution in [0.3, 0.4) is 0 Å². The molecule has 7 heteroatoms. The maximum atomic E-state index is 12.9. The highest BCUT2D eigenvalue weighted by Crippen LogP contribution is 2.33. The minimum absolute atomic E-state index is 0.144. The number of hydrogen-bond acceptors (Lipinski definition) is 5. The van der Waals surface area contributed by atoms with Crippen molar-refractivity contribution in [2.45, 2.75) is 0 Å². The van der Waals surface area contributed by atoms with Gasteiger partial charge < -0.3 is 11.1 Å². The van der Waals surface area contributed by atoms with Gasteiger partial charge in [-0.15, -0.1) is 0 Å². The number of nitrogens with zero attached hydrogens (tertiary/aromatic N) is 2. The van der Waals surface area contributed by atoms with Crippen molar-refractivity contribution in [2.75, 3.05) is 0 Å². The lowest BCUT2D eigenvalue weighted by Crippen LogP contribution is -2.11. The lowest BCUT2D eigenvalue weighted by Gasteiger charge is -2.08. The van der Waals surface area contributed by atoms with Gasteiger partial charge in [-0.1, -0.05) is 11.8 Å². The van der Waals surface area contributed by atoms with Crippen LogP contribution in [-0.4, -0.2) is 9.97 Å². The van der Waals surface area contributed by atoms with Crippen LogP contribution < -0.4 is 11.1 Å². The first-order chi connectivity index (χ1) is 10.1. The summed E-state index contributed by atoms with van der Waals surface area (Å²) in [5.41, 5.74) is 8.87. The van der Waals surface area contributed by atoms with Crippen molar-refractivity contribution in [3.8, 4) is 0 Å². The van der Waals surface area contributed by atoms with E-state index < -0.39 is 0 Å². The Hall–Kier alpha value is -2.05. The normalized spacial score (nSPS) is 16.4. The summed E-state index contributed by atoms with van der Waals surface area (Å²) in [4.78, 5) is 7.89. The lowest BCUT2D eigenvalue weighted by atomic mass is 10.2. The van der Waals surface area contributed by atoms with E-state index in [-0.39, 0.29) is 11.1 Å². The highest BCUT2D eigenvalue weighted by Gasteiger charge is 2.16. The number of rotatable bonds is 2. The van der Waals surface area contributed by atoms with Crippen molar-refractivity contribution < 1.29 is 4.39 Å². The van der Waals surface area contributed by atoms with Gasteiger partial charge in [0.05, 0.1) is 17.1 Å². The van der Waals surface area contributed by atoms with Crippen molar-refractivity contribution >= 4 is 34.8 Å². The Morgan fingerprint density at radius 3 is 2.71 bits per heavy atom. The quantitative estimate of drug-likeness (QED) is 0.832. The van der Waals surface area contributed by atoms with Gasteiger partial charge >= 0.3 is 0 Å². The van der Waals surface area contributed by atoms with Gasteiger partial charge in [-0.3, -0.25) is 0 Å². The van der Waals surface area contributed by atoms with Gasteiger partial charge in [-0.25, -0.2) is 14.4 Å². The molecule has 1 aliphatic heterocycles. The summed E-state index contributed by atoms with van der Waals surface area (Å²) in [5, 5.41) is 6.01. The predicted molar refractivity (Wildman–Crippen MR) is 83.3 cm³/mol. The summed E-state index contributed by atoms with van der Waals surface area (Å²) < 4.78 is 12.9. The maximum absolute atomic E-state index is 12.9. The van der Waals surface area contributed by atoms with E-state index in [4.69, 9.17) is 17.3 Å². The van der Waals surface area contributed by atoms with E-state index in [1.54, 1.807) is 24.4 Å². The molecule has 0 spiro atoms. The smallest absolute Gasteiger partial charge is 0.222 e. The first kappa shape index (κ1) is 13.9. The zero-order valence-corrected chi connectivity index (χ0v) is 12.2. The molecule has 0 radical (unpaired) electrons. The van der Waals surface area contributed by atoms with Gasteiger partial charge in [0.25, 0.3) is 0 Å². The van der Waals surface area contributed by atoms with Crippen molar-refractivity contribution in [1.29, 1.82) is 0 Å². The minimum atomic E-state index is -0.268. The Labute approximate surface area is 129 Å². The number of nitrogens with two attached hydrogens (primary N) is 1. The Morgan fingerprint density at radius 2 is 2.00 bits per heavy atom. The Kier molecular flexibility index (Phi) is 3.81. The molecule has 1 aromatic carbocycles. The van der Waals surface area contributed by atoms with Crippen molar-refractivity contribution in [2.24, 2.45) is 5.73 Å². The topological polar surface area (TPSA) is 63.8 Å². The van der Waals surface area contributed by atoms with E-state index in [0.29, 0.717) is 11.4 Å². The number of thioether (sulfide) groups is 1. The molecule has 4 nitrogen and oxygen atoms in total. The van der Waals surface area contributed by atoms with E-state index in [1.165, 1.54) is 23.9 Å². The van der Waals surface area contributed by atoms with Crippen LogP contribution in [0.1, 0.15) is 11.3 Å². The number of benzene rings is 1. The second kappa shape index (κ2) is 5.75. The zero-order valence-electron chi connectivity index (χ0n) is 10.7. The average Bonchev–Trinajstić information content (AvgIpc) is 2.97. The van der Waals surface area contributed by atoms with Crippen LogP contribution in [0.4, 0.5) is 4.39 Å². The molecule has 0 fully saturated rings. The summed E-state index contributed by atoms with van der Waals surface area (Å²) >= 11 is 7.20. The number of nitrogens with one attached hydrogen (secondary N) is 1. The summed E-state index contributed by atoms with van der Waals surface area (Å²) in [6, 6.07) is 7.92. The molecule has 0 saturated carbocycles. The molecule has 0 atom stereocenters. The molecular weight excluding hydrogens is 311 g/mol. The fraction of sp³-hybridized carbons (Fsp3) is 0. The molecule has 0 saturated heterocycles. The van der Waals surface area contributed by atoms with Crippen LogP contribution in [0, 0.1) is 5.82 Å². The molecule has 0 bridgehead atoms. The standard InChI is InChI=1S/C14H10ClFN4S/c15-14-18-6-5-10(20-14)12(17)13-19-11(7-21-13)8-1-3-9(16)4-2-8/h1-7,19H,17H2/b13-12+. The number of halogens is 2. The lowest BCUT2D eigenvalue weighted by molar-refractivity contribution is 0.627. The van der Waals surface area contributed by atoms with E-state index in [0.717, 1.165) is 16.3 Å². The minimum Gasteiger partial charge on any atom is -0.395 e. The van der Waals surface area contributed by atoms with Crippen molar-refractivity contribution in [1.82, 2.24) is 15.3 Å². The van der Waals surface area contributed by atoms with Crippen LogP contribution >= 0.6 is 23.4 Å². The Morgan fingerprint density at radius 1 is 1.24 bits per heavy atom. The molecule has 3 rings (SSSR count). The summed E-state index contributed by atoms with van der Waals surface area (Å²) in [7, 11) is 0. The van der Waals surface area contributed by atoms with E-state index in [2.05, 4.69) is 15.3 Å². The first-order valence-corrected chi connectivity index (χ1v) is 7.28. The van der Waals surface area contributed by atoms with Crippen LogP contribution in [0.25, 0.3) is 11.4 Å². The molecular formula is C14H10ClFN4S. The Balaban J connectivity index is 1.85. The monoisotopic (exact) mass is 320 g/mol. The molecule has 2 heterocycles. The predicted octanol–water partition coefficient (Wildman–Crippen LogP) is 3.19. The van der Waals surface area contributed by atoms with Crippen LogP contribution in [0.15, 0.2) is 47.0 Å². The van der Waals surface area contributed by atoms with Crippen LogP contribution in [0.5, 0.6) is 0 Å². The first-order valence-electron chi connectivity index (χ1n) is 6.02. The van der Waals surface area contributed by atoms with Gasteiger partial charge in [-0.05, 0) is 47.5 Å². The summed E-state index contributed by atoms with van der Waals surface area (Å²) in [6.07, 6.45) is 1.55. The second-order valence-corrected chi connectivity index (χ2v) is 5.45. The molecule has 1 aliphatic rings. The fourth-order valence-corrected chi connectivity index (χ4v) is 2.78. The van der Waals surface area contributed by atoms with E-state index in [9.17, 15) is 4.39 Å². The summed E-state index contributed by atoms with van der Waals surface area (Å²) in [5.74, 6) is -0.268. The third-order valence-corrected chi connectivity index (χ3v) is 3.94. The molecule has 0 amide bonds. The van der Waals surface area contributed by atoms with Gasteiger partial charge in [0.1, 0.15) is 10.8 Å². The van der Waals surface area contributed by atoms with Crippen LogP contribution in [0.2, 0.25) is 5.28 Å². The molecule has 21 heavy (non-hydrogen) atoms. The second-order valence-electron chi connectivity index (χ2n) is 4.23. The van der Waals surface area contributed by atoms with Gasteiger partial charge in [0.2, 0.25) is 5.28 Å². The third-order valence-electron chi connectivity index (χ3n) is 2.84. The van der Waals surface area contributed by atoms with Crippen molar-refractivity contribution in [3.05, 3.63) is 69.3 Å². The largest absolute Gasteiger partial charge is 0.395 e. The Bertz CT molecular complexity index is 743. The van der Waals surface area contributed by atoms with E-state index >= 15 is 0 Å². The van der Waals surface area contributed by atoms with Gasteiger partial charge in [-0.2, -0.15) is 0 Å². The van der Waals surface area contributed by atoms with Gasteiger partial charge in [0, 0.05) is 11.6 Å². The maximum Gasteiger partial charge on any atom is 0.222 e. The van der Waals surface area contributed by atoms with Crippen molar-refractivity contribution in [3.63, 3.8) is 0 Å². The average molecular weight is 321 g/mol. The molecule has 106 valence electrons. The number of hydrogen-bond donors (Lipinski definition) is 2. The highest BCUT2D eigenvalue weighted by atomic mass is 35.5. The fourth-order valence-electron chi connectivity index (χ4n) is 1.80. The molecule has 0 aliphatic carbocycles. The molecule has 3 N–H and O–H groups in total. The molecule has 1 aromatic heterocycles. The molecule has 0 unspecified atom stereocenters. The number of aromatic nitrogens is 2.